The lowest BCUT2D eigenvalue weighted by atomic mass is 10.0. The predicted molar refractivity (Wildman–Crippen MR) is 60.6 cm³/mol. The Morgan fingerprint density at radius 1 is 1.40 bits per heavy atom. The molecule has 0 aliphatic heterocycles. The topological polar surface area (TPSA) is 41.1 Å². The average molecular weight is 210 g/mol. The Kier molecular flexibility index (Phi) is 3.29. The van der Waals surface area contributed by atoms with E-state index in [4.69, 9.17) is 0 Å². The van der Waals surface area contributed by atoms with Gasteiger partial charge in [0.15, 0.2) is 0 Å². The Hall–Kier alpha value is -0.570. The molecule has 0 aromatic heterocycles. The van der Waals surface area contributed by atoms with E-state index in [1.54, 1.807) is 0 Å². The summed E-state index contributed by atoms with van der Waals surface area (Å²) in [6.07, 6.45) is 6.46. The summed E-state index contributed by atoms with van der Waals surface area (Å²) in [7, 11) is 0. The van der Waals surface area contributed by atoms with Gasteiger partial charge in [-0.05, 0) is 50.0 Å². The van der Waals surface area contributed by atoms with Gasteiger partial charge in [0.25, 0.3) is 0 Å². The first kappa shape index (κ1) is 10.9. The van der Waals surface area contributed by atoms with Crippen LogP contribution in [-0.4, -0.2) is 25.5 Å². The molecule has 0 bridgehead atoms. The third-order valence-electron chi connectivity index (χ3n) is 3.78. The molecule has 0 aromatic carbocycles. The number of nitrogens with one attached hydrogen (secondary N) is 2. The van der Waals surface area contributed by atoms with Crippen LogP contribution in [0.2, 0.25) is 0 Å². The molecule has 2 aliphatic rings. The van der Waals surface area contributed by atoms with Crippen molar-refractivity contribution in [2.24, 2.45) is 11.3 Å². The fourth-order valence-electron chi connectivity index (χ4n) is 1.89. The highest BCUT2D eigenvalue weighted by molar-refractivity contribution is 5.78. The van der Waals surface area contributed by atoms with Crippen LogP contribution in [-0.2, 0) is 4.79 Å². The second-order valence-electron chi connectivity index (χ2n) is 5.20. The molecule has 2 aliphatic carbocycles. The zero-order chi connectivity index (χ0) is 10.7. The van der Waals surface area contributed by atoms with Gasteiger partial charge in [0.05, 0.1) is 6.54 Å². The molecule has 2 saturated carbocycles. The summed E-state index contributed by atoms with van der Waals surface area (Å²) in [6.45, 7) is 4.61. The first-order chi connectivity index (χ1) is 7.24. The maximum absolute atomic E-state index is 11.5. The van der Waals surface area contributed by atoms with Gasteiger partial charge in [-0.15, -0.1) is 0 Å². The minimum Gasteiger partial charge on any atom is -0.354 e. The maximum Gasteiger partial charge on any atom is 0.233 e. The Balaban J connectivity index is 1.52. The molecule has 86 valence electrons. The summed E-state index contributed by atoms with van der Waals surface area (Å²) in [4.78, 5) is 11.5. The highest BCUT2D eigenvalue weighted by atomic mass is 16.1. The van der Waals surface area contributed by atoms with Crippen LogP contribution in [0.4, 0.5) is 0 Å². The Morgan fingerprint density at radius 3 is 2.67 bits per heavy atom. The summed E-state index contributed by atoms with van der Waals surface area (Å²) >= 11 is 0. The van der Waals surface area contributed by atoms with Gasteiger partial charge >= 0.3 is 0 Å². The van der Waals surface area contributed by atoms with Gasteiger partial charge < -0.3 is 10.6 Å². The Morgan fingerprint density at radius 2 is 2.13 bits per heavy atom. The zero-order valence-corrected chi connectivity index (χ0v) is 9.64. The second-order valence-corrected chi connectivity index (χ2v) is 5.20. The average Bonchev–Trinajstić information content (AvgIpc) is 3.11. The van der Waals surface area contributed by atoms with Crippen LogP contribution in [0.1, 0.15) is 39.0 Å². The van der Waals surface area contributed by atoms with Crippen molar-refractivity contribution < 1.29 is 4.79 Å². The summed E-state index contributed by atoms with van der Waals surface area (Å²) in [6, 6.07) is 0. The van der Waals surface area contributed by atoms with E-state index in [0.29, 0.717) is 12.0 Å². The van der Waals surface area contributed by atoms with E-state index in [-0.39, 0.29) is 5.91 Å². The van der Waals surface area contributed by atoms with Crippen LogP contribution in [0.15, 0.2) is 0 Å². The van der Waals surface area contributed by atoms with Crippen molar-refractivity contribution in [2.45, 2.75) is 39.0 Å². The molecule has 0 atom stereocenters. The molecule has 3 heteroatoms. The molecular formula is C12H22N2O. The van der Waals surface area contributed by atoms with E-state index in [1.165, 1.54) is 32.1 Å². The van der Waals surface area contributed by atoms with Crippen molar-refractivity contribution in [1.82, 2.24) is 10.6 Å². The molecule has 1 amide bonds. The molecule has 0 aromatic rings. The largest absolute Gasteiger partial charge is 0.354 e. The van der Waals surface area contributed by atoms with Crippen molar-refractivity contribution >= 4 is 5.91 Å². The van der Waals surface area contributed by atoms with Crippen molar-refractivity contribution in [3.63, 3.8) is 0 Å². The third kappa shape index (κ3) is 3.49. The van der Waals surface area contributed by atoms with Crippen LogP contribution in [0.3, 0.4) is 0 Å². The van der Waals surface area contributed by atoms with Crippen molar-refractivity contribution in [2.75, 3.05) is 19.6 Å². The zero-order valence-electron chi connectivity index (χ0n) is 9.64. The quantitative estimate of drug-likeness (QED) is 0.665. The lowest BCUT2D eigenvalue weighted by Gasteiger charge is -2.13. The number of rotatable bonds is 7. The van der Waals surface area contributed by atoms with Crippen LogP contribution in [0, 0.1) is 11.3 Å². The van der Waals surface area contributed by atoms with Crippen LogP contribution >= 0.6 is 0 Å². The number of hydrogen-bond acceptors (Lipinski definition) is 2. The molecule has 15 heavy (non-hydrogen) atoms. The minimum absolute atomic E-state index is 0.162. The van der Waals surface area contributed by atoms with Gasteiger partial charge in [-0.1, -0.05) is 6.92 Å². The number of carbonyl (C=O) groups is 1. The van der Waals surface area contributed by atoms with Gasteiger partial charge in [-0.2, -0.15) is 0 Å². The molecule has 2 fully saturated rings. The van der Waals surface area contributed by atoms with Crippen LogP contribution < -0.4 is 10.6 Å². The fourth-order valence-corrected chi connectivity index (χ4v) is 1.89. The monoisotopic (exact) mass is 210 g/mol. The van der Waals surface area contributed by atoms with E-state index >= 15 is 0 Å². The normalized spacial score (nSPS) is 22.5. The Bertz CT molecular complexity index is 232. The van der Waals surface area contributed by atoms with E-state index in [2.05, 4.69) is 17.6 Å². The third-order valence-corrected chi connectivity index (χ3v) is 3.78. The molecule has 2 N–H and O–H groups in total. The molecule has 0 unspecified atom stereocenters. The van der Waals surface area contributed by atoms with Crippen molar-refractivity contribution in [3.05, 3.63) is 0 Å². The second kappa shape index (κ2) is 4.52. The van der Waals surface area contributed by atoms with E-state index in [1.807, 2.05) is 0 Å². The smallest absolute Gasteiger partial charge is 0.233 e. The molecule has 0 saturated heterocycles. The van der Waals surface area contributed by atoms with Gasteiger partial charge in [-0.25, -0.2) is 0 Å². The van der Waals surface area contributed by atoms with Gasteiger partial charge in [0, 0.05) is 6.54 Å². The summed E-state index contributed by atoms with van der Waals surface area (Å²) < 4.78 is 0. The number of carbonyl (C=O) groups excluding carboxylic acids is 1. The molecular weight excluding hydrogens is 188 g/mol. The molecule has 2 rings (SSSR count). The van der Waals surface area contributed by atoms with Gasteiger partial charge in [0.1, 0.15) is 0 Å². The highest BCUT2D eigenvalue weighted by Gasteiger charge is 2.40. The summed E-state index contributed by atoms with van der Waals surface area (Å²) in [5.41, 5.74) is 0.464. The van der Waals surface area contributed by atoms with E-state index in [0.717, 1.165) is 19.0 Å². The number of hydrogen-bond donors (Lipinski definition) is 2. The maximum atomic E-state index is 11.5. The van der Waals surface area contributed by atoms with E-state index in [9.17, 15) is 4.79 Å². The summed E-state index contributed by atoms with van der Waals surface area (Å²) in [5, 5.41) is 6.24. The SMILES string of the molecule is CCC1(CNC(=O)CNCC2CC2)CC1. The van der Waals surface area contributed by atoms with E-state index < -0.39 is 0 Å². The van der Waals surface area contributed by atoms with Crippen molar-refractivity contribution in [3.8, 4) is 0 Å². The first-order valence-corrected chi connectivity index (χ1v) is 6.21. The molecule has 0 heterocycles. The highest BCUT2D eigenvalue weighted by Crippen LogP contribution is 2.47. The number of amides is 1. The van der Waals surface area contributed by atoms with Crippen LogP contribution in [0.5, 0.6) is 0 Å². The summed E-state index contributed by atoms with van der Waals surface area (Å²) in [5.74, 6) is 1.01. The molecule has 3 nitrogen and oxygen atoms in total. The lowest BCUT2D eigenvalue weighted by Crippen LogP contribution is -2.37. The fraction of sp³-hybridized carbons (Fsp3) is 0.917. The van der Waals surface area contributed by atoms with Gasteiger partial charge in [-0.3, -0.25) is 4.79 Å². The van der Waals surface area contributed by atoms with Gasteiger partial charge in [0.2, 0.25) is 5.91 Å². The standard InChI is InChI=1S/C12H22N2O/c1-2-12(5-6-12)9-14-11(15)8-13-7-10-3-4-10/h10,13H,2-9H2,1H3,(H,14,15). The minimum atomic E-state index is 0.162. The predicted octanol–water partition coefficient (Wildman–Crippen LogP) is 1.29. The van der Waals surface area contributed by atoms with Crippen LogP contribution in [0.25, 0.3) is 0 Å². The lowest BCUT2D eigenvalue weighted by molar-refractivity contribution is -0.120. The molecule has 0 spiro atoms. The molecule has 0 radical (unpaired) electrons. The first-order valence-electron chi connectivity index (χ1n) is 6.21. The van der Waals surface area contributed by atoms with Crippen molar-refractivity contribution in [1.29, 1.82) is 0 Å². The Labute approximate surface area is 92.0 Å².